The summed E-state index contributed by atoms with van der Waals surface area (Å²) in [6.45, 7) is 4.93. The highest BCUT2D eigenvalue weighted by molar-refractivity contribution is 7.91. The Hall–Kier alpha value is -1.55. The van der Waals surface area contributed by atoms with E-state index in [9.17, 15) is 8.42 Å². The maximum absolute atomic E-state index is 12.4. The van der Waals surface area contributed by atoms with Crippen molar-refractivity contribution in [1.82, 2.24) is 14.7 Å². The monoisotopic (exact) mass is 368 g/mol. The second kappa shape index (κ2) is 7.56. The number of aryl methyl sites for hydroxylation is 1. The van der Waals surface area contributed by atoms with Crippen LogP contribution in [0.15, 0.2) is 28.6 Å². The Morgan fingerprint density at radius 3 is 2.79 bits per heavy atom. The molecule has 24 heavy (non-hydrogen) atoms. The minimum absolute atomic E-state index is 0.140. The second-order valence-electron chi connectivity index (χ2n) is 5.35. The Balaban J connectivity index is 1.67. The quantitative estimate of drug-likeness (QED) is 0.830. The summed E-state index contributed by atoms with van der Waals surface area (Å²) in [5, 5.41) is 0. The van der Waals surface area contributed by atoms with Crippen molar-refractivity contribution >= 4 is 27.3 Å². The van der Waals surface area contributed by atoms with Crippen molar-refractivity contribution < 1.29 is 13.2 Å². The highest BCUT2D eigenvalue weighted by Gasteiger charge is 2.18. The van der Waals surface area contributed by atoms with Gasteiger partial charge in [0, 0.05) is 24.2 Å². The molecular weight excluding hydrogens is 348 g/mol. The third-order valence-corrected chi connectivity index (χ3v) is 6.81. The van der Waals surface area contributed by atoms with Crippen LogP contribution in [-0.2, 0) is 27.7 Å². The van der Waals surface area contributed by atoms with Gasteiger partial charge in [0.1, 0.15) is 4.21 Å². The average Bonchev–Trinajstić information content (AvgIpc) is 3.11. The molecule has 0 amide bonds. The molecule has 0 atom stereocenters. The number of anilines is 1. The largest absolute Gasteiger partial charge is 0.378 e. The Morgan fingerprint density at radius 2 is 2.08 bits per heavy atom. The van der Waals surface area contributed by atoms with Gasteiger partial charge in [-0.05, 0) is 24.6 Å². The van der Waals surface area contributed by atoms with Crippen molar-refractivity contribution in [2.24, 2.45) is 0 Å². The van der Waals surface area contributed by atoms with Crippen LogP contribution < -0.4 is 9.62 Å². The van der Waals surface area contributed by atoms with Gasteiger partial charge in [-0.25, -0.2) is 23.1 Å². The molecule has 1 N–H and O–H groups in total. The predicted molar refractivity (Wildman–Crippen MR) is 92.8 cm³/mol. The predicted octanol–water partition coefficient (Wildman–Crippen LogP) is 1.42. The molecule has 0 aliphatic carbocycles. The average molecular weight is 368 g/mol. The molecule has 0 bridgehead atoms. The van der Waals surface area contributed by atoms with Gasteiger partial charge in [0.15, 0.2) is 0 Å². The van der Waals surface area contributed by atoms with Gasteiger partial charge in [0.25, 0.3) is 0 Å². The topological polar surface area (TPSA) is 84.4 Å². The van der Waals surface area contributed by atoms with Gasteiger partial charge in [0.05, 0.1) is 25.5 Å². The first-order valence-corrected chi connectivity index (χ1v) is 10.1. The number of hydrogen-bond donors (Lipinski definition) is 1. The number of nitrogens with zero attached hydrogens (tertiary/aromatic N) is 3. The minimum atomic E-state index is -3.51. The van der Waals surface area contributed by atoms with E-state index >= 15 is 0 Å². The summed E-state index contributed by atoms with van der Waals surface area (Å²) in [4.78, 5) is 11.8. The summed E-state index contributed by atoms with van der Waals surface area (Å²) in [5.74, 6) is 0.611. The highest BCUT2D eigenvalue weighted by Crippen LogP contribution is 2.22. The first kappa shape index (κ1) is 17.3. The van der Waals surface area contributed by atoms with E-state index in [1.54, 1.807) is 18.3 Å². The molecule has 0 saturated carbocycles. The number of ether oxygens (including phenoxy) is 1. The van der Waals surface area contributed by atoms with E-state index < -0.39 is 10.0 Å². The minimum Gasteiger partial charge on any atom is -0.378 e. The zero-order valence-corrected chi connectivity index (χ0v) is 15.1. The first-order chi connectivity index (χ1) is 11.6. The van der Waals surface area contributed by atoms with Gasteiger partial charge < -0.3 is 9.64 Å². The molecule has 1 saturated heterocycles. The van der Waals surface area contributed by atoms with Crippen LogP contribution in [0.4, 0.5) is 5.95 Å². The lowest BCUT2D eigenvalue weighted by Gasteiger charge is -2.26. The van der Waals surface area contributed by atoms with Crippen molar-refractivity contribution in [2.75, 3.05) is 31.2 Å². The summed E-state index contributed by atoms with van der Waals surface area (Å²) in [7, 11) is -3.51. The van der Waals surface area contributed by atoms with Gasteiger partial charge in [-0.15, -0.1) is 11.3 Å². The van der Waals surface area contributed by atoms with Crippen molar-refractivity contribution in [2.45, 2.75) is 24.1 Å². The van der Waals surface area contributed by atoms with Crippen LogP contribution in [0.25, 0.3) is 0 Å². The molecule has 0 spiro atoms. The van der Waals surface area contributed by atoms with Crippen LogP contribution in [0.1, 0.15) is 17.5 Å². The van der Waals surface area contributed by atoms with E-state index in [4.69, 9.17) is 4.74 Å². The molecule has 3 rings (SSSR count). The van der Waals surface area contributed by atoms with Crippen molar-refractivity contribution in [3.8, 4) is 0 Å². The smallest absolute Gasteiger partial charge is 0.250 e. The highest BCUT2D eigenvalue weighted by atomic mass is 32.2. The van der Waals surface area contributed by atoms with Crippen LogP contribution in [0.5, 0.6) is 0 Å². The third kappa shape index (κ3) is 4.10. The summed E-state index contributed by atoms with van der Waals surface area (Å²) >= 11 is 1.30. The third-order valence-electron chi connectivity index (χ3n) is 3.69. The Labute approximate surface area is 145 Å². The van der Waals surface area contributed by atoms with Crippen LogP contribution in [0.3, 0.4) is 0 Å². The number of morpholine rings is 1. The molecule has 1 aliphatic rings. The molecule has 1 aliphatic heterocycles. The van der Waals surface area contributed by atoms with Crippen LogP contribution >= 0.6 is 11.3 Å². The first-order valence-electron chi connectivity index (χ1n) is 7.81. The number of rotatable bonds is 6. The van der Waals surface area contributed by atoms with Crippen LogP contribution in [-0.4, -0.2) is 44.7 Å². The van der Waals surface area contributed by atoms with E-state index in [2.05, 4.69) is 14.7 Å². The summed E-state index contributed by atoms with van der Waals surface area (Å²) in [6, 6.07) is 5.21. The van der Waals surface area contributed by atoms with Gasteiger partial charge in [-0.1, -0.05) is 6.92 Å². The standard InChI is InChI=1S/C15H20N4O3S2/c1-2-13-3-4-14(23-13)24(20,21)17-11-12-5-6-16-15(18-12)19-7-9-22-10-8-19/h3-6,17H,2,7-11H2,1H3. The van der Waals surface area contributed by atoms with Gasteiger partial charge in [-0.2, -0.15) is 0 Å². The normalized spacial score (nSPS) is 15.6. The zero-order valence-electron chi connectivity index (χ0n) is 13.4. The molecule has 2 aromatic heterocycles. The summed E-state index contributed by atoms with van der Waals surface area (Å²) in [6.07, 6.45) is 2.48. The number of nitrogens with one attached hydrogen (secondary N) is 1. The van der Waals surface area contributed by atoms with Gasteiger partial charge in [0.2, 0.25) is 16.0 Å². The molecule has 2 aromatic rings. The van der Waals surface area contributed by atoms with Crippen molar-refractivity contribution in [1.29, 1.82) is 0 Å². The van der Waals surface area contributed by atoms with Crippen molar-refractivity contribution in [3.05, 3.63) is 35.0 Å². The van der Waals surface area contributed by atoms with Gasteiger partial charge >= 0.3 is 0 Å². The maximum Gasteiger partial charge on any atom is 0.250 e. The molecule has 0 unspecified atom stereocenters. The molecule has 130 valence electrons. The zero-order chi connectivity index (χ0) is 17.0. The van der Waals surface area contributed by atoms with E-state index in [0.717, 1.165) is 24.4 Å². The molecular formula is C15H20N4O3S2. The molecule has 0 aromatic carbocycles. The SMILES string of the molecule is CCc1ccc(S(=O)(=O)NCc2ccnc(N3CCOCC3)n2)s1. The van der Waals surface area contributed by atoms with Crippen LogP contribution in [0, 0.1) is 0 Å². The van der Waals surface area contributed by atoms with E-state index in [0.29, 0.717) is 29.1 Å². The molecule has 3 heterocycles. The Morgan fingerprint density at radius 1 is 1.29 bits per heavy atom. The lowest BCUT2D eigenvalue weighted by Crippen LogP contribution is -2.37. The molecule has 7 nitrogen and oxygen atoms in total. The van der Waals surface area contributed by atoms with Crippen LogP contribution in [0.2, 0.25) is 0 Å². The Kier molecular flexibility index (Phi) is 5.44. The fraction of sp³-hybridized carbons (Fsp3) is 0.467. The lowest BCUT2D eigenvalue weighted by atomic mass is 10.4. The Bertz CT molecular complexity index is 786. The fourth-order valence-corrected chi connectivity index (χ4v) is 4.67. The molecule has 0 radical (unpaired) electrons. The number of aromatic nitrogens is 2. The maximum atomic E-state index is 12.4. The number of sulfonamides is 1. The summed E-state index contributed by atoms with van der Waals surface area (Å²) in [5.41, 5.74) is 0.641. The number of hydrogen-bond acceptors (Lipinski definition) is 7. The fourth-order valence-electron chi connectivity index (χ4n) is 2.33. The summed E-state index contributed by atoms with van der Waals surface area (Å²) < 4.78 is 33.0. The van der Waals surface area contributed by atoms with Crippen molar-refractivity contribution in [3.63, 3.8) is 0 Å². The number of thiophene rings is 1. The van der Waals surface area contributed by atoms with E-state index in [1.807, 2.05) is 17.9 Å². The van der Waals surface area contributed by atoms with Gasteiger partial charge in [-0.3, -0.25) is 0 Å². The second-order valence-corrected chi connectivity index (χ2v) is 8.51. The molecule has 9 heteroatoms. The molecule has 1 fully saturated rings. The van der Waals surface area contributed by atoms with E-state index in [-0.39, 0.29) is 6.54 Å². The lowest BCUT2D eigenvalue weighted by molar-refractivity contribution is 0.122. The van der Waals surface area contributed by atoms with E-state index in [1.165, 1.54) is 11.3 Å².